The van der Waals surface area contributed by atoms with Crippen LogP contribution < -0.4 is 0 Å². The second-order valence-corrected chi connectivity index (χ2v) is 6.11. The van der Waals surface area contributed by atoms with E-state index in [0.29, 0.717) is 0 Å². The van der Waals surface area contributed by atoms with E-state index < -0.39 is 5.60 Å². The largest absolute Gasteiger partial charge is 0.385 e. The Balaban J connectivity index is 2.01. The molecule has 2 aromatic rings. The molecule has 0 saturated heterocycles. The molecule has 2 atom stereocenters. The molecule has 2 unspecified atom stereocenters. The second-order valence-electron chi connectivity index (χ2n) is 6.11. The van der Waals surface area contributed by atoms with E-state index in [0.717, 1.165) is 48.1 Å². The maximum Gasteiger partial charge on any atom is 0.0903 e. The monoisotopic (exact) mass is 269 g/mol. The number of rotatable bonds is 2. The summed E-state index contributed by atoms with van der Waals surface area (Å²) in [5.41, 5.74) is 1.38. The van der Waals surface area contributed by atoms with Gasteiger partial charge >= 0.3 is 0 Å². The first-order chi connectivity index (χ1) is 9.73. The zero-order valence-corrected chi connectivity index (χ0v) is 12.2. The third-order valence-electron chi connectivity index (χ3n) is 4.89. The molecule has 20 heavy (non-hydrogen) atoms. The Hall–Kier alpha value is -1.41. The average Bonchev–Trinajstić information content (AvgIpc) is 2.69. The number of benzene rings is 1. The van der Waals surface area contributed by atoms with Gasteiger partial charge in [-0.25, -0.2) is 0 Å². The Morgan fingerprint density at radius 3 is 2.95 bits per heavy atom. The minimum atomic E-state index is -0.674. The lowest BCUT2D eigenvalue weighted by Gasteiger charge is -2.28. The first kappa shape index (κ1) is 13.6. The van der Waals surface area contributed by atoms with Crippen LogP contribution in [-0.2, 0) is 5.60 Å². The van der Waals surface area contributed by atoms with Gasteiger partial charge in [0.1, 0.15) is 0 Å². The molecule has 2 nitrogen and oxygen atoms in total. The van der Waals surface area contributed by atoms with E-state index in [1.807, 2.05) is 24.4 Å². The average molecular weight is 269 g/mol. The molecule has 0 aliphatic heterocycles. The van der Waals surface area contributed by atoms with Crippen LogP contribution in [0.15, 0.2) is 36.5 Å². The van der Waals surface area contributed by atoms with Gasteiger partial charge in [0.05, 0.1) is 11.1 Å². The van der Waals surface area contributed by atoms with Gasteiger partial charge in [0.15, 0.2) is 0 Å². The first-order valence-electron chi connectivity index (χ1n) is 7.79. The summed E-state index contributed by atoms with van der Waals surface area (Å²) in [7, 11) is 0. The molecule has 1 aliphatic carbocycles. The third kappa shape index (κ3) is 2.45. The smallest absolute Gasteiger partial charge is 0.0903 e. The van der Waals surface area contributed by atoms with Crippen LogP contribution in [0.1, 0.15) is 51.0 Å². The van der Waals surface area contributed by atoms with Crippen molar-refractivity contribution in [2.24, 2.45) is 5.92 Å². The van der Waals surface area contributed by atoms with Crippen LogP contribution in [0.2, 0.25) is 0 Å². The molecule has 3 rings (SSSR count). The summed E-state index contributed by atoms with van der Waals surface area (Å²) >= 11 is 0. The summed E-state index contributed by atoms with van der Waals surface area (Å²) in [5.74, 6) is 0.775. The van der Waals surface area contributed by atoms with Crippen molar-refractivity contribution >= 4 is 10.9 Å². The van der Waals surface area contributed by atoms with Crippen molar-refractivity contribution in [3.8, 4) is 0 Å². The van der Waals surface area contributed by atoms with Gasteiger partial charge in [-0.15, -0.1) is 0 Å². The lowest BCUT2D eigenvalue weighted by Crippen LogP contribution is -2.25. The Kier molecular flexibility index (Phi) is 3.75. The molecule has 2 heteroatoms. The van der Waals surface area contributed by atoms with Crippen molar-refractivity contribution in [1.82, 2.24) is 4.98 Å². The fraction of sp³-hybridized carbons (Fsp3) is 0.500. The Morgan fingerprint density at radius 1 is 1.20 bits per heavy atom. The molecular formula is C18H23NO. The highest BCUT2D eigenvalue weighted by molar-refractivity contribution is 5.82. The molecule has 1 fully saturated rings. The van der Waals surface area contributed by atoms with E-state index in [2.05, 4.69) is 24.0 Å². The number of aliphatic hydroxyl groups is 1. The van der Waals surface area contributed by atoms with Crippen LogP contribution in [0.25, 0.3) is 10.9 Å². The molecule has 0 spiro atoms. The minimum absolute atomic E-state index is 0.674. The van der Waals surface area contributed by atoms with Crippen LogP contribution in [0.4, 0.5) is 0 Å². The van der Waals surface area contributed by atoms with E-state index in [1.165, 1.54) is 12.8 Å². The fourth-order valence-corrected chi connectivity index (χ4v) is 3.58. The van der Waals surface area contributed by atoms with Gasteiger partial charge in [0.2, 0.25) is 0 Å². The van der Waals surface area contributed by atoms with Crippen LogP contribution in [-0.4, -0.2) is 10.1 Å². The van der Waals surface area contributed by atoms with Crippen LogP contribution in [0.5, 0.6) is 0 Å². The van der Waals surface area contributed by atoms with E-state index in [4.69, 9.17) is 0 Å². The van der Waals surface area contributed by atoms with Gasteiger partial charge < -0.3 is 5.11 Å². The Bertz CT molecular complexity index is 589. The second kappa shape index (κ2) is 5.53. The lowest BCUT2D eigenvalue weighted by atomic mass is 9.84. The van der Waals surface area contributed by atoms with Crippen LogP contribution in [0.3, 0.4) is 0 Å². The van der Waals surface area contributed by atoms with E-state index in [1.54, 1.807) is 0 Å². The normalized spacial score (nSPS) is 27.4. The predicted molar refractivity (Wildman–Crippen MR) is 82.5 cm³/mol. The van der Waals surface area contributed by atoms with Gasteiger partial charge in [-0.3, -0.25) is 4.98 Å². The van der Waals surface area contributed by atoms with Crippen molar-refractivity contribution < 1.29 is 5.11 Å². The molecule has 106 valence electrons. The van der Waals surface area contributed by atoms with E-state index in [-0.39, 0.29) is 0 Å². The SMILES string of the molecule is CCC1CCCC(O)(c2cccc3ncccc23)CC1. The lowest BCUT2D eigenvalue weighted by molar-refractivity contribution is 0.0211. The van der Waals surface area contributed by atoms with E-state index >= 15 is 0 Å². The number of hydrogen-bond donors (Lipinski definition) is 1. The summed E-state index contributed by atoms with van der Waals surface area (Å²) in [6.07, 6.45) is 8.29. The summed E-state index contributed by atoms with van der Waals surface area (Å²) in [6, 6.07) is 10.2. The molecule has 1 saturated carbocycles. The molecule has 1 heterocycles. The van der Waals surface area contributed by atoms with Gasteiger partial charge in [-0.1, -0.05) is 38.0 Å². The van der Waals surface area contributed by atoms with Gasteiger partial charge in [0, 0.05) is 11.6 Å². The molecule has 1 aromatic carbocycles. The zero-order valence-electron chi connectivity index (χ0n) is 12.2. The van der Waals surface area contributed by atoms with Crippen molar-refractivity contribution in [1.29, 1.82) is 0 Å². The number of nitrogens with zero attached hydrogens (tertiary/aromatic N) is 1. The highest BCUT2D eigenvalue weighted by Gasteiger charge is 2.33. The third-order valence-corrected chi connectivity index (χ3v) is 4.89. The standard InChI is InChI=1S/C18H23NO/c1-2-14-6-4-11-18(20,12-10-14)16-8-3-9-17-15(16)7-5-13-19-17/h3,5,7-9,13-14,20H,2,4,6,10-12H2,1H3. The molecule has 0 amide bonds. The summed E-state index contributed by atoms with van der Waals surface area (Å²) in [5, 5.41) is 12.3. The van der Waals surface area contributed by atoms with Gasteiger partial charge in [-0.05, 0) is 49.3 Å². The maximum absolute atomic E-state index is 11.2. The van der Waals surface area contributed by atoms with E-state index in [9.17, 15) is 5.11 Å². The Labute approximate surface area is 120 Å². The van der Waals surface area contributed by atoms with Crippen molar-refractivity contribution in [3.63, 3.8) is 0 Å². The quantitative estimate of drug-likeness (QED) is 0.819. The number of pyridine rings is 1. The van der Waals surface area contributed by atoms with Crippen molar-refractivity contribution in [3.05, 3.63) is 42.1 Å². The number of aromatic nitrogens is 1. The summed E-state index contributed by atoms with van der Waals surface area (Å²) < 4.78 is 0. The highest BCUT2D eigenvalue weighted by atomic mass is 16.3. The molecule has 1 N–H and O–H groups in total. The first-order valence-corrected chi connectivity index (χ1v) is 7.79. The summed E-state index contributed by atoms with van der Waals surface area (Å²) in [6.45, 7) is 2.26. The maximum atomic E-state index is 11.2. The number of fused-ring (bicyclic) bond motifs is 1. The van der Waals surface area contributed by atoms with Gasteiger partial charge in [-0.2, -0.15) is 0 Å². The zero-order chi connectivity index (χ0) is 14.0. The van der Waals surface area contributed by atoms with Crippen LogP contribution in [0, 0.1) is 5.92 Å². The number of hydrogen-bond acceptors (Lipinski definition) is 2. The molecule has 1 aliphatic rings. The van der Waals surface area contributed by atoms with Crippen LogP contribution >= 0.6 is 0 Å². The molecule has 0 radical (unpaired) electrons. The fourth-order valence-electron chi connectivity index (χ4n) is 3.58. The minimum Gasteiger partial charge on any atom is -0.385 e. The Morgan fingerprint density at radius 2 is 2.10 bits per heavy atom. The molecular weight excluding hydrogens is 246 g/mol. The molecule has 0 bridgehead atoms. The molecule has 1 aromatic heterocycles. The predicted octanol–water partition coefficient (Wildman–Crippen LogP) is 4.41. The topological polar surface area (TPSA) is 33.1 Å². The van der Waals surface area contributed by atoms with Gasteiger partial charge in [0.25, 0.3) is 0 Å². The van der Waals surface area contributed by atoms with Crippen molar-refractivity contribution in [2.45, 2.75) is 51.0 Å². The van der Waals surface area contributed by atoms with Crippen molar-refractivity contribution in [2.75, 3.05) is 0 Å². The highest BCUT2D eigenvalue weighted by Crippen LogP contribution is 2.40. The summed E-state index contributed by atoms with van der Waals surface area (Å²) in [4.78, 5) is 4.41.